The quantitative estimate of drug-likeness (QED) is 0.188. The average Bonchev–Trinajstić information content (AvgIpc) is 3.63. The van der Waals surface area contributed by atoms with Crippen molar-refractivity contribution in [3.8, 4) is 44.5 Å². The molecule has 0 saturated heterocycles. The third-order valence-corrected chi connectivity index (χ3v) is 8.22. The van der Waals surface area contributed by atoms with Crippen LogP contribution in [0.5, 0.6) is 0 Å². The van der Waals surface area contributed by atoms with Crippen molar-refractivity contribution in [1.82, 2.24) is 0 Å². The highest BCUT2D eigenvalue weighted by Crippen LogP contribution is 2.44. The lowest BCUT2D eigenvalue weighted by Crippen LogP contribution is -1.91. The van der Waals surface area contributed by atoms with Gasteiger partial charge in [-0.2, -0.15) is 0 Å². The minimum atomic E-state index is -0.488. The first-order valence-electron chi connectivity index (χ1n) is 20.0. The van der Waals surface area contributed by atoms with Gasteiger partial charge in [0.1, 0.15) is 11.2 Å². The molecule has 0 amide bonds. The minimum absolute atomic E-state index is 0.00291. The number of hydrogen-bond donors (Lipinski definition) is 0. The van der Waals surface area contributed by atoms with Crippen molar-refractivity contribution in [2.45, 2.75) is 0 Å². The number of hydrogen-bond acceptors (Lipinski definition) is 1. The number of fused-ring (bicyclic) bond motifs is 5. The third-order valence-electron chi connectivity index (χ3n) is 8.22. The van der Waals surface area contributed by atoms with Crippen LogP contribution in [0, 0.1) is 0 Å². The fraction of sp³-hybridized carbons (Fsp3) is 0. The predicted molar refractivity (Wildman–Crippen MR) is 190 cm³/mol. The summed E-state index contributed by atoms with van der Waals surface area (Å²) in [4.78, 5) is 0. The van der Waals surface area contributed by atoms with E-state index in [0.29, 0.717) is 16.7 Å². The van der Waals surface area contributed by atoms with E-state index >= 15 is 0 Å². The van der Waals surface area contributed by atoms with Crippen LogP contribution in [0.4, 0.5) is 0 Å². The van der Waals surface area contributed by atoms with Gasteiger partial charge in [-0.15, -0.1) is 0 Å². The van der Waals surface area contributed by atoms with E-state index < -0.39 is 18.1 Å². The Morgan fingerprint density at radius 2 is 0.822 bits per heavy atom. The van der Waals surface area contributed by atoms with Gasteiger partial charge in [0.2, 0.25) is 0 Å². The Labute approximate surface area is 277 Å². The summed E-state index contributed by atoms with van der Waals surface area (Å²) in [5, 5.41) is 3.15. The molecule has 0 N–H and O–H groups in total. The van der Waals surface area contributed by atoms with Gasteiger partial charge in [-0.1, -0.05) is 151 Å². The number of benzene rings is 8. The monoisotopic (exact) mass is 583 g/mol. The van der Waals surface area contributed by atoms with Crippen molar-refractivity contribution in [2.75, 3.05) is 0 Å². The van der Waals surface area contributed by atoms with Crippen molar-refractivity contribution in [2.24, 2.45) is 0 Å². The second-order valence-corrected chi connectivity index (χ2v) is 10.8. The van der Waals surface area contributed by atoms with Gasteiger partial charge in [0.05, 0.1) is 15.1 Å². The van der Waals surface area contributed by atoms with Crippen molar-refractivity contribution < 1.29 is 19.5 Å². The molecule has 45 heavy (non-hydrogen) atoms. The van der Waals surface area contributed by atoms with E-state index in [4.69, 9.17) is 15.4 Å². The molecule has 1 nitrogen and oxygen atoms in total. The van der Waals surface area contributed by atoms with Crippen LogP contribution >= 0.6 is 0 Å². The largest absolute Gasteiger partial charge is 0.456 e. The summed E-state index contributed by atoms with van der Waals surface area (Å²) in [5.41, 5.74) is 3.56. The minimum Gasteiger partial charge on any atom is -0.456 e. The van der Waals surface area contributed by atoms with Crippen LogP contribution in [0.25, 0.3) is 88.0 Å². The Hall–Kier alpha value is -5.92. The van der Waals surface area contributed by atoms with Gasteiger partial charge in [-0.05, 0) is 84.2 Å². The molecule has 0 bridgehead atoms. The highest BCUT2D eigenvalue weighted by molar-refractivity contribution is 6.21. The number of rotatable bonds is 4. The molecular formula is C44H28O. The lowest BCUT2D eigenvalue weighted by atomic mass is 9.85. The third kappa shape index (κ3) is 4.24. The zero-order valence-electron chi connectivity index (χ0n) is 34.7. The van der Waals surface area contributed by atoms with Gasteiger partial charge >= 0.3 is 0 Å². The highest BCUT2D eigenvalue weighted by atomic mass is 16.3. The first-order chi connectivity index (χ1) is 26.9. The normalized spacial score (nSPS) is 15.0. The fourth-order valence-electron chi connectivity index (χ4n) is 6.15. The van der Waals surface area contributed by atoms with Crippen molar-refractivity contribution in [3.05, 3.63) is 170 Å². The van der Waals surface area contributed by atoms with Gasteiger partial charge < -0.3 is 4.42 Å². The summed E-state index contributed by atoms with van der Waals surface area (Å²) >= 11 is 0. The van der Waals surface area contributed by atoms with Crippen LogP contribution in [-0.4, -0.2) is 0 Å². The van der Waals surface area contributed by atoms with Crippen LogP contribution in [-0.2, 0) is 0 Å². The molecule has 0 aliphatic rings. The molecule has 0 radical (unpaired) electrons. The van der Waals surface area contributed by atoms with Gasteiger partial charge in [0.25, 0.3) is 0 Å². The first-order valence-corrected chi connectivity index (χ1v) is 14.5. The summed E-state index contributed by atoms with van der Waals surface area (Å²) in [6.07, 6.45) is 0. The molecule has 1 aromatic heterocycles. The van der Waals surface area contributed by atoms with Crippen LogP contribution < -0.4 is 0 Å². The molecule has 0 spiro atoms. The maximum atomic E-state index is 9.23. The number of furan rings is 1. The second kappa shape index (κ2) is 10.4. The van der Waals surface area contributed by atoms with Gasteiger partial charge in [-0.3, -0.25) is 0 Å². The zero-order valence-corrected chi connectivity index (χ0v) is 23.7. The fourth-order valence-corrected chi connectivity index (χ4v) is 6.15. The summed E-state index contributed by atoms with van der Waals surface area (Å²) in [6.45, 7) is 0. The van der Waals surface area contributed by atoms with Crippen LogP contribution in [0.2, 0.25) is 0 Å². The first kappa shape index (κ1) is 16.8. The van der Waals surface area contributed by atoms with E-state index in [1.807, 2.05) is 66.7 Å². The Morgan fingerprint density at radius 3 is 1.49 bits per heavy atom. The van der Waals surface area contributed by atoms with E-state index in [2.05, 4.69) is 0 Å². The zero-order chi connectivity index (χ0) is 39.3. The average molecular weight is 584 g/mol. The number of para-hydroxylation sites is 1. The van der Waals surface area contributed by atoms with Crippen molar-refractivity contribution in [3.63, 3.8) is 0 Å². The molecular weight excluding hydrogens is 544 g/mol. The Bertz CT molecular complexity index is 3050. The Kier molecular flexibility index (Phi) is 3.87. The summed E-state index contributed by atoms with van der Waals surface area (Å²) in [6, 6.07) is 28.5. The summed E-state index contributed by atoms with van der Waals surface area (Å²) in [7, 11) is 0. The SMILES string of the molecule is [2H]c1c([2H])c(-c2c3ccccc3c(-c3ccc(-c4c([2H])c([2H])c5oc6c([2H])c([2H])c([2H])c([2H])c6c5c4[2H])cc3)c3ccccc23)c([2H])c([2H])c1-c1ccccc1. The molecule has 0 aliphatic carbocycles. The molecule has 0 unspecified atom stereocenters. The second-order valence-electron chi connectivity index (χ2n) is 10.8. The molecule has 0 fully saturated rings. The van der Waals surface area contributed by atoms with E-state index in [1.54, 1.807) is 36.4 Å². The standard InChI is InChI=1S/C44H28O/c1-2-10-29(11-3-1)30-18-22-32(23-19-30)43-36-13-4-6-15-38(36)44(39-16-7-5-14-37(39)43)33-24-20-31(21-25-33)34-26-27-42-40(28-34)35-12-8-9-17-41(35)45-42/h1-28H/i8D,9D,12D,17D,18D,19D,22D,23D,26D,27D,28D. The van der Waals surface area contributed by atoms with Crippen LogP contribution in [0.15, 0.2) is 174 Å². The maximum absolute atomic E-state index is 9.23. The van der Waals surface area contributed by atoms with Crippen molar-refractivity contribution in [1.29, 1.82) is 0 Å². The van der Waals surface area contributed by atoms with E-state index in [-0.39, 0.29) is 87.0 Å². The Morgan fingerprint density at radius 1 is 0.333 bits per heavy atom. The Balaban J connectivity index is 1.26. The topological polar surface area (TPSA) is 13.1 Å². The summed E-state index contributed by atoms with van der Waals surface area (Å²) in [5.74, 6) is 0. The van der Waals surface area contributed by atoms with Crippen LogP contribution in [0.3, 0.4) is 0 Å². The van der Waals surface area contributed by atoms with Gasteiger partial charge in [0, 0.05) is 10.8 Å². The van der Waals surface area contributed by atoms with E-state index in [0.717, 1.165) is 32.7 Å². The maximum Gasteiger partial charge on any atom is 0.135 e. The predicted octanol–water partition coefficient (Wildman–Crippen LogP) is 12.6. The van der Waals surface area contributed by atoms with Crippen LogP contribution in [0.1, 0.15) is 15.1 Å². The smallest absolute Gasteiger partial charge is 0.135 e. The van der Waals surface area contributed by atoms with Gasteiger partial charge in [0.15, 0.2) is 0 Å². The lowest BCUT2D eigenvalue weighted by Gasteiger charge is -2.18. The molecule has 1 heterocycles. The lowest BCUT2D eigenvalue weighted by molar-refractivity contribution is 0.669. The molecule has 9 rings (SSSR count). The molecule has 1 heteroatoms. The molecule has 9 aromatic rings. The van der Waals surface area contributed by atoms with Crippen molar-refractivity contribution >= 4 is 43.5 Å². The molecule has 8 aromatic carbocycles. The van der Waals surface area contributed by atoms with Gasteiger partial charge in [-0.25, -0.2) is 0 Å². The molecule has 210 valence electrons. The molecule has 0 aliphatic heterocycles. The molecule has 0 saturated carbocycles. The molecule has 0 atom stereocenters. The highest BCUT2D eigenvalue weighted by Gasteiger charge is 2.17. The van der Waals surface area contributed by atoms with E-state index in [1.165, 1.54) is 0 Å². The van der Waals surface area contributed by atoms with E-state index in [9.17, 15) is 4.11 Å². The summed E-state index contributed by atoms with van der Waals surface area (Å²) < 4.78 is 102.